The third-order valence-electron chi connectivity index (χ3n) is 3.61. The molecule has 0 radical (unpaired) electrons. The van der Waals surface area contributed by atoms with Crippen LogP contribution in [0.1, 0.15) is 26.2 Å². The number of hydrogen-bond donors (Lipinski definition) is 2. The van der Waals surface area contributed by atoms with Gasteiger partial charge in [-0.15, -0.1) is 0 Å². The number of benzene rings is 1. The van der Waals surface area contributed by atoms with Crippen molar-refractivity contribution in [2.75, 3.05) is 29.9 Å². The van der Waals surface area contributed by atoms with Crippen LogP contribution < -0.4 is 15.5 Å². The van der Waals surface area contributed by atoms with Gasteiger partial charge >= 0.3 is 0 Å². The van der Waals surface area contributed by atoms with Gasteiger partial charge in [0.15, 0.2) is 0 Å². The number of nitrogens with zero attached hydrogens (tertiary/aromatic N) is 1. The van der Waals surface area contributed by atoms with Crippen LogP contribution in [0.2, 0.25) is 0 Å². The third kappa shape index (κ3) is 3.96. The quantitative estimate of drug-likeness (QED) is 0.772. The number of rotatable bonds is 6. The number of carbonyl (C=O) groups excluding carboxylic acids is 1. The molecule has 1 heterocycles. The van der Waals surface area contributed by atoms with Crippen molar-refractivity contribution < 1.29 is 4.79 Å². The molecule has 4 nitrogen and oxygen atoms in total. The van der Waals surface area contributed by atoms with Crippen molar-refractivity contribution in [1.82, 2.24) is 5.32 Å². The summed E-state index contributed by atoms with van der Waals surface area (Å²) in [6, 6.07) is 8.70. The topological polar surface area (TPSA) is 44.4 Å². The molecule has 1 aromatic carbocycles. The molecule has 0 saturated carbocycles. The van der Waals surface area contributed by atoms with Crippen LogP contribution in [-0.2, 0) is 4.79 Å². The highest BCUT2D eigenvalue weighted by Crippen LogP contribution is 2.23. The number of piperidine rings is 1. The van der Waals surface area contributed by atoms with E-state index in [1.54, 1.807) is 0 Å². The van der Waals surface area contributed by atoms with E-state index >= 15 is 0 Å². The zero-order valence-corrected chi connectivity index (χ0v) is 11.6. The molecule has 4 heteroatoms. The second-order valence-electron chi connectivity index (χ2n) is 5.03. The second-order valence-corrected chi connectivity index (χ2v) is 5.03. The summed E-state index contributed by atoms with van der Waals surface area (Å²) in [4.78, 5) is 12.9. The number of anilines is 2. The first-order valence-electron chi connectivity index (χ1n) is 7.12. The fourth-order valence-electron chi connectivity index (χ4n) is 2.55. The van der Waals surface area contributed by atoms with Gasteiger partial charge in [0.25, 0.3) is 0 Å². The molecule has 1 aliphatic heterocycles. The zero-order chi connectivity index (χ0) is 13.5. The Hall–Kier alpha value is -1.55. The Morgan fingerprint density at radius 3 is 2.84 bits per heavy atom. The molecule has 2 N–H and O–H groups in total. The molecular weight excluding hydrogens is 238 g/mol. The molecule has 2 rings (SSSR count). The molecule has 19 heavy (non-hydrogen) atoms. The van der Waals surface area contributed by atoms with Crippen molar-refractivity contribution >= 4 is 17.8 Å². The molecular formula is C15H23N3O. The SMILES string of the molecule is CCCNC1CCN(c2cccc(NC=O)c2)CC1. The lowest BCUT2D eigenvalue weighted by Gasteiger charge is -2.34. The highest BCUT2D eigenvalue weighted by Gasteiger charge is 2.18. The number of hydrogen-bond acceptors (Lipinski definition) is 3. The van der Waals surface area contributed by atoms with Crippen LogP contribution in [0.3, 0.4) is 0 Å². The van der Waals surface area contributed by atoms with Crippen LogP contribution in [0, 0.1) is 0 Å². The van der Waals surface area contributed by atoms with E-state index in [1.165, 1.54) is 24.9 Å². The first-order valence-corrected chi connectivity index (χ1v) is 7.12. The Morgan fingerprint density at radius 2 is 2.16 bits per heavy atom. The molecule has 0 aromatic heterocycles. The van der Waals surface area contributed by atoms with Crippen LogP contribution in [-0.4, -0.2) is 32.1 Å². The molecule has 0 unspecified atom stereocenters. The minimum absolute atomic E-state index is 0.660. The zero-order valence-electron chi connectivity index (χ0n) is 11.6. The lowest BCUT2D eigenvalue weighted by molar-refractivity contribution is -0.105. The maximum absolute atomic E-state index is 10.5. The maximum Gasteiger partial charge on any atom is 0.211 e. The summed E-state index contributed by atoms with van der Waals surface area (Å²) in [6.07, 6.45) is 4.29. The van der Waals surface area contributed by atoms with Gasteiger partial charge in [-0.25, -0.2) is 0 Å². The fourth-order valence-corrected chi connectivity index (χ4v) is 2.55. The van der Waals surface area contributed by atoms with Crippen molar-refractivity contribution in [1.29, 1.82) is 0 Å². The minimum Gasteiger partial charge on any atom is -0.371 e. The van der Waals surface area contributed by atoms with Crippen LogP contribution in [0.15, 0.2) is 24.3 Å². The summed E-state index contributed by atoms with van der Waals surface area (Å²) >= 11 is 0. The van der Waals surface area contributed by atoms with E-state index in [2.05, 4.69) is 28.5 Å². The normalized spacial score (nSPS) is 16.4. The summed E-state index contributed by atoms with van der Waals surface area (Å²) in [5.41, 5.74) is 2.06. The number of carbonyl (C=O) groups is 1. The van der Waals surface area contributed by atoms with Crippen molar-refractivity contribution in [2.24, 2.45) is 0 Å². The molecule has 1 aliphatic rings. The molecule has 1 saturated heterocycles. The summed E-state index contributed by atoms with van der Waals surface area (Å²) in [7, 11) is 0. The van der Waals surface area contributed by atoms with Gasteiger partial charge < -0.3 is 15.5 Å². The predicted molar refractivity (Wildman–Crippen MR) is 79.7 cm³/mol. The molecule has 0 aliphatic carbocycles. The van der Waals surface area contributed by atoms with Gasteiger partial charge in [-0.3, -0.25) is 4.79 Å². The largest absolute Gasteiger partial charge is 0.371 e. The Labute approximate surface area is 115 Å². The van der Waals surface area contributed by atoms with E-state index in [9.17, 15) is 4.79 Å². The molecule has 0 bridgehead atoms. The molecule has 1 aromatic rings. The van der Waals surface area contributed by atoms with Crippen LogP contribution in [0.4, 0.5) is 11.4 Å². The van der Waals surface area contributed by atoms with E-state index < -0.39 is 0 Å². The van der Waals surface area contributed by atoms with Crippen LogP contribution in [0.5, 0.6) is 0 Å². The van der Waals surface area contributed by atoms with E-state index in [-0.39, 0.29) is 0 Å². The third-order valence-corrected chi connectivity index (χ3v) is 3.61. The Bertz CT molecular complexity index is 400. The number of nitrogens with one attached hydrogen (secondary N) is 2. The van der Waals surface area contributed by atoms with Crippen molar-refractivity contribution in [2.45, 2.75) is 32.2 Å². The first-order chi connectivity index (χ1) is 9.33. The van der Waals surface area contributed by atoms with Gasteiger partial charge in [0.2, 0.25) is 6.41 Å². The van der Waals surface area contributed by atoms with Gasteiger partial charge in [0.1, 0.15) is 0 Å². The average Bonchev–Trinajstić information content (AvgIpc) is 2.46. The lowest BCUT2D eigenvalue weighted by atomic mass is 10.0. The minimum atomic E-state index is 0.660. The second kappa shape index (κ2) is 7.14. The van der Waals surface area contributed by atoms with Gasteiger partial charge in [-0.2, -0.15) is 0 Å². The van der Waals surface area contributed by atoms with E-state index in [1.807, 2.05) is 18.2 Å². The fraction of sp³-hybridized carbons (Fsp3) is 0.533. The van der Waals surface area contributed by atoms with Gasteiger partial charge in [-0.05, 0) is 44.0 Å². The van der Waals surface area contributed by atoms with Crippen molar-refractivity contribution in [3.05, 3.63) is 24.3 Å². The van der Waals surface area contributed by atoms with Gasteiger partial charge in [0.05, 0.1) is 0 Å². The van der Waals surface area contributed by atoms with Crippen LogP contribution >= 0.6 is 0 Å². The highest BCUT2D eigenvalue weighted by molar-refractivity contribution is 5.73. The molecule has 104 valence electrons. The molecule has 0 atom stereocenters. The Balaban J connectivity index is 1.90. The Morgan fingerprint density at radius 1 is 1.37 bits per heavy atom. The first kappa shape index (κ1) is 13.9. The van der Waals surface area contributed by atoms with Gasteiger partial charge in [0, 0.05) is 30.5 Å². The molecule has 1 fully saturated rings. The van der Waals surface area contributed by atoms with E-state index in [0.29, 0.717) is 6.04 Å². The highest BCUT2D eigenvalue weighted by atomic mass is 16.1. The monoisotopic (exact) mass is 261 g/mol. The van der Waals surface area contributed by atoms with E-state index in [4.69, 9.17) is 0 Å². The van der Waals surface area contributed by atoms with Crippen molar-refractivity contribution in [3.63, 3.8) is 0 Å². The summed E-state index contributed by atoms with van der Waals surface area (Å²) in [5.74, 6) is 0. The standard InChI is InChI=1S/C15H23N3O/c1-2-8-16-13-6-9-18(10-7-13)15-5-3-4-14(11-15)17-12-19/h3-5,11-13,16H,2,6-10H2,1H3,(H,17,19). The summed E-state index contributed by atoms with van der Waals surface area (Å²) in [5, 5.41) is 6.29. The average molecular weight is 261 g/mol. The molecule has 1 amide bonds. The summed E-state index contributed by atoms with van der Waals surface area (Å²) in [6.45, 7) is 5.47. The number of amides is 1. The van der Waals surface area contributed by atoms with Gasteiger partial charge in [-0.1, -0.05) is 13.0 Å². The predicted octanol–water partition coefficient (Wildman–Crippen LogP) is 2.22. The Kier molecular flexibility index (Phi) is 5.21. The lowest BCUT2D eigenvalue weighted by Crippen LogP contribution is -2.42. The maximum atomic E-state index is 10.5. The smallest absolute Gasteiger partial charge is 0.211 e. The van der Waals surface area contributed by atoms with E-state index in [0.717, 1.165) is 31.7 Å². The van der Waals surface area contributed by atoms with Crippen LogP contribution in [0.25, 0.3) is 0 Å². The summed E-state index contributed by atoms with van der Waals surface area (Å²) < 4.78 is 0. The molecule has 0 spiro atoms. The van der Waals surface area contributed by atoms with Crippen molar-refractivity contribution in [3.8, 4) is 0 Å².